The van der Waals surface area contributed by atoms with Gasteiger partial charge in [-0.05, 0) is 49.8 Å². The fourth-order valence-corrected chi connectivity index (χ4v) is 5.43. The Morgan fingerprint density at radius 1 is 1.09 bits per heavy atom. The third-order valence-corrected chi connectivity index (χ3v) is 6.72. The molecule has 0 saturated heterocycles. The summed E-state index contributed by atoms with van der Waals surface area (Å²) < 4.78 is 5.47. The molecular weight excluding hydrogens is 402 g/mol. The van der Waals surface area contributed by atoms with Gasteiger partial charge >= 0.3 is 5.97 Å². The number of para-hydroxylation sites is 1. The van der Waals surface area contributed by atoms with Gasteiger partial charge < -0.3 is 20.7 Å². The Balaban J connectivity index is 1.77. The number of benzene rings is 2. The van der Waals surface area contributed by atoms with E-state index in [1.165, 1.54) is 0 Å². The molecule has 2 aromatic carbocycles. The maximum absolute atomic E-state index is 13.7. The van der Waals surface area contributed by atoms with Gasteiger partial charge in [-0.15, -0.1) is 0 Å². The summed E-state index contributed by atoms with van der Waals surface area (Å²) in [4.78, 5) is 29.2. The Morgan fingerprint density at radius 3 is 2.59 bits per heavy atom. The molecule has 6 heteroatoms. The minimum absolute atomic E-state index is 0.208. The highest BCUT2D eigenvalue weighted by molar-refractivity contribution is 6.17. The topological polar surface area (TPSA) is 84.7 Å². The van der Waals surface area contributed by atoms with Crippen LogP contribution in [0.25, 0.3) is 0 Å². The number of esters is 1. The largest absolute Gasteiger partial charge is 0.462 e. The van der Waals surface area contributed by atoms with Gasteiger partial charge in [0.25, 0.3) is 0 Å². The van der Waals surface area contributed by atoms with E-state index in [2.05, 4.69) is 5.32 Å². The number of ether oxygens (including phenoxy) is 1. The van der Waals surface area contributed by atoms with Gasteiger partial charge in [-0.1, -0.05) is 48.5 Å². The zero-order chi connectivity index (χ0) is 22.3. The van der Waals surface area contributed by atoms with Crippen molar-refractivity contribution in [3.05, 3.63) is 88.4 Å². The minimum Gasteiger partial charge on any atom is -0.462 e. The lowest BCUT2D eigenvalue weighted by Gasteiger charge is -2.45. The molecule has 32 heavy (non-hydrogen) atoms. The van der Waals surface area contributed by atoms with Crippen molar-refractivity contribution >= 4 is 17.6 Å². The van der Waals surface area contributed by atoms with E-state index in [4.69, 9.17) is 10.5 Å². The molecule has 1 unspecified atom stereocenters. The first-order valence-corrected chi connectivity index (χ1v) is 11.2. The standard InChI is InChI=1S/C26H27N3O3/c1-2-32-24(30)22-23(27)29(16-17-10-4-3-5-11-17)21-15-9-7-13-19(21)26(22)18-12-6-8-14-20(18)28-25(26)31/h3-6,8,10-12,14H,2,7,9,13,15-16,27H2,1H3,(H,28,31). The van der Waals surface area contributed by atoms with Crippen molar-refractivity contribution in [3.8, 4) is 0 Å². The molecular formula is C26H27N3O3. The number of anilines is 1. The lowest BCUT2D eigenvalue weighted by atomic mass is 9.64. The Bertz CT molecular complexity index is 1150. The molecule has 0 saturated carbocycles. The normalized spacial score (nSPS) is 22.0. The summed E-state index contributed by atoms with van der Waals surface area (Å²) in [6, 6.07) is 17.6. The van der Waals surface area contributed by atoms with E-state index in [0.29, 0.717) is 12.4 Å². The number of nitrogens with zero attached hydrogens (tertiary/aromatic N) is 1. The van der Waals surface area contributed by atoms with E-state index in [0.717, 1.165) is 53.8 Å². The number of amides is 1. The van der Waals surface area contributed by atoms with Crippen molar-refractivity contribution < 1.29 is 14.3 Å². The van der Waals surface area contributed by atoms with Gasteiger partial charge in [0.2, 0.25) is 5.91 Å². The highest BCUT2D eigenvalue weighted by Gasteiger charge is 2.59. The second kappa shape index (κ2) is 7.86. The molecule has 1 spiro atoms. The van der Waals surface area contributed by atoms with Gasteiger partial charge in [0, 0.05) is 23.5 Å². The second-order valence-electron chi connectivity index (χ2n) is 8.43. The second-order valence-corrected chi connectivity index (χ2v) is 8.43. The number of hydrogen-bond acceptors (Lipinski definition) is 5. The molecule has 3 aliphatic rings. The summed E-state index contributed by atoms with van der Waals surface area (Å²) in [6.45, 7) is 2.51. The average molecular weight is 430 g/mol. The molecule has 1 amide bonds. The molecule has 164 valence electrons. The number of rotatable bonds is 4. The average Bonchev–Trinajstić information content (AvgIpc) is 3.10. The maximum atomic E-state index is 13.7. The van der Waals surface area contributed by atoms with Crippen molar-refractivity contribution in [2.75, 3.05) is 11.9 Å². The SMILES string of the molecule is CCOC(=O)C1=C(N)N(Cc2ccccc2)C2=C(CCCC2)C12C(=O)Nc1ccccc12. The summed E-state index contributed by atoms with van der Waals surface area (Å²) >= 11 is 0. The lowest BCUT2D eigenvalue weighted by molar-refractivity contribution is -0.140. The van der Waals surface area contributed by atoms with E-state index in [-0.39, 0.29) is 18.1 Å². The number of hydrogen-bond donors (Lipinski definition) is 2. The van der Waals surface area contributed by atoms with E-state index >= 15 is 0 Å². The quantitative estimate of drug-likeness (QED) is 0.719. The number of carbonyl (C=O) groups excluding carboxylic acids is 2. The maximum Gasteiger partial charge on any atom is 0.339 e. The van der Waals surface area contributed by atoms with Crippen molar-refractivity contribution in [2.45, 2.75) is 44.6 Å². The Kier molecular flexibility index (Phi) is 5.00. The summed E-state index contributed by atoms with van der Waals surface area (Å²) in [5, 5.41) is 3.01. The molecule has 5 rings (SSSR count). The molecule has 0 fully saturated rings. The molecule has 2 aromatic rings. The van der Waals surface area contributed by atoms with Crippen LogP contribution in [0.1, 0.15) is 43.7 Å². The smallest absolute Gasteiger partial charge is 0.339 e. The monoisotopic (exact) mass is 429 g/mol. The van der Waals surface area contributed by atoms with Gasteiger partial charge in [-0.2, -0.15) is 0 Å². The van der Waals surface area contributed by atoms with Crippen molar-refractivity contribution in [2.24, 2.45) is 5.73 Å². The summed E-state index contributed by atoms with van der Waals surface area (Å²) in [7, 11) is 0. The van der Waals surface area contributed by atoms with E-state index in [1.54, 1.807) is 6.92 Å². The Hall–Kier alpha value is -3.54. The van der Waals surface area contributed by atoms with Crippen molar-refractivity contribution in [3.63, 3.8) is 0 Å². The summed E-state index contributed by atoms with van der Waals surface area (Å²) in [5.74, 6) is -0.453. The molecule has 0 bridgehead atoms. The van der Waals surface area contributed by atoms with E-state index in [9.17, 15) is 9.59 Å². The van der Waals surface area contributed by atoms with Gasteiger partial charge in [0.15, 0.2) is 0 Å². The third-order valence-electron chi connectivity index (χ3n) is 6.72. The van der Waals surface area contributed by atoms with Gasteiger partial charge in [0.1, 0.15) is 16.8 Å². The molecule has 2 heterocycles. The van der Waals surface area contributed by atoms with Gasteiger partial charge in [0.05, 0.1) is 6.61 Å². The van der Waals surface area contributed by atoms with Crippen molar-refractivity contribution in [1.29, 1.82) is 0 Å². The van der Waals surface area contributed by atoms with Crippen LogP contribution in [0.5, 0.6) is 0 Å². The number of nitrogens with one attached hydrogen (secondary N) is 1. The highest BCUT2D eigenvalue weighted by Crippen LogP contribution is 2.55. The van der Waals surface area contributed by atoms with E-state index < -0.39 is 11.4 Å². The van der Waals surface area contributed by atoms with Crippen LogP contribution in [0.15, 0.2) is 77.3 Å². The highest BCUT2D eigenvalue weighted by atomic mass is 16.5. The van der Waals surface area contributed by atoms with E-state index in [1.807, 2.05) is 59.5 Å². The van der Waals surface area contributed by atoms with Crippen LogP contribution in [0, 0.1) is 0 Å². The molecule has 6 nitrogen and oxygen atoms in total. The molecule has 1 atom stereocenters. The van der Waals surface area contributed by atoms with Crippen LogP contribution in [0.2, 0.25) is 0 Å². The minimum atomic E-state index is -1.24. The van der Waals surface area contributed by atoms with Crippen LogP contribution in [-0.2, 0) is 26.3 Å². The van der Waals surface area contributed by atoms with Crippen LogP contribution >= 0.6 is 0 Å². The Morgan fingerprint density at radius 2 is 1.81 bits per heavy atom. The van der Waals surface area contributed by atoms with Crippen LogP contribution in [-0.4, -0.2) is 23.4 Å². The zero-order valence-corrected chi connectivity index (χ0v) is 18.2. The number of fused-ring (bicyclic) bond motifs is 3. The fourth-order valence-electron chi connectivity index (χ4n) is 5.43. The third kappa shape index (κ3) is 2.86. The molecule has 2 aliphatic heterocycles. The molecule has 0 aromatic heterocycles. The predicted molar refractivity (Wildman–Crippen MR) is 122 cm³/mol. The number of nitrogens with two attached hydrogens (primary N) is 1. The molecule has 1 aliphatic carbocycles. The van der Waals surface area contributed by atoms with Crippen LogP contribution in [0.4, 0.5) is 5.69 Å². The van der Waals surface area contributed by atoms with Gasteiger partial charge in [-0.25, -0.2) is 4.79 Å². The first-order chi connectivity index (χ1) is 15.6. The number of carbonyl (C=O) groups is 2. The molecule has 3 N–H and O–H groups in total. The first-order valence-electron chi connectivity index (χ1n) is 11.2. The fraction of sp³-hybridized carbons (Fsp3) is 0.308. The molecule has 0 radical (unpaired) electrons. The van der Waals surface area contributed by atoms with Crippen LogP contribution < -0.4 is 11.1 Å². The van der Waals surface area contributed by atoms with Crippen LogP contribution in [0.3, 0.4) is 0 Å². The summed E-state index contributed by atoms with van der Waals surface area (Å²) in [5.41, 5.74) is 10.4. The summed E-state index contributed by atoms with van der Waals surface area (Å²) in [6.07, 6.45) is 3.53. The predicted octanol–water partition coefficient (Wildman–Crippen LogP) is 3.95. The first kappa shape index (κ1) is 20.4. The van der Waals surface area contributed by atoms with Crippen molar-refractivity contribution in [1.82, 2.24) is 4.90 Å². The number of allylic oxidation sites excluding steroid dienone is 1. The zero-order valence-electron chi connectivity index (χ0n) is 18.2. The lowest BCUT2D eigenvalue weighted by Crippen LogP contribution is -2.50. The Labute approximate surface area is 187 Å². The van der Waals surface area contributed by atoms with Gasteiger partial charge in [-0.3, -0.25) is 4.79 Å².